The maximum absolute atomic E-state index is 13.1. The molecule has 0 fully saturated rings. The summed E-state index contributed by atoms with van der Waals surface area (Å²) in [6, 6.07) is 23.0. The van der Waals surface area contributed by atoms with Crippen molar-refractivity contribution in [3.8, 4) is 11.3 Å². The zero-order valence-corrected chi connectivity index (χ0v) is 25.2. The van der Waals surface area contributed by atoms with E-state index in [0.29, 0.717) is 38.9 Å². The van der Waals surface area contributed by atoms with Crippen LogP contribution in [-0.4, -0.2) is 46.4 Å². The van der Waals surface area contributed by atoms with Gasteiger partial charge in [0.05, 0.1) is 29.5 Å². The number of aromatic nitrogens is 2. The number of rotatable bonds is 10. The normalized spacial score (nSPS) is 11.1. The molecule has 0 saturated carbocycles. The third-order valence-corrected chi connectivity index (χ3v) is 6.44. The van der Waals surface area contributed by atoms with Crippen LogP contribution in [-0.2, 0) is 23.1 Å². The number of aryl methyl sites for hydroxylation is 1. The predicted octanol–water partition coefficient (Wildman–Crippen LogP) is 6.29. The van der Waals surface area contributed by atoms with Gasteiger partial charge in [0, 0.05) is 36.5 Å². The van der Waals surface area contributed by atoms with Gasteiger partial charge in [-0.25, -0.2) is 4.79 Å². The molecule has 3 N–H and O–H groups in total. The topological polar surface area (TPSA) is 124 Å². The fourth-order valence-electron chi connectivity index (χ4n) is 4.07. The molecule has 224 valence electrons. The first-order chi connectivity index (χ1) is 20.5. The minimum atomic E-state index is -0.573. The Hall–Kier alpha value is -4.67. The van der Waals surface area contributed by atoms with E-state index >= 15 is 0 Å². The van der Waals surface area contributed by atoms with Crippen LogP contribution < -0.4 is 16.0 Å². The quantitative estimate of drug-likeness (QED) is 0.183. The van der Waals surface area contributed by atoms with Crippen molar-refractivity contribution in [2.75, 3.05) is 23.8 Å². The zero-order chi connectivity index (χ0) is 31.0. The Labute approximate surface area is 255 Å². The monoisotopic (exact) mass is 603 g/mol. The van der Waals surface area contributed by atoms with Crippen LogP contribution in [0.5, 0.6) is 0 Å². The van der Waals surface area contributed by atoms with Crippen LogP contribution in [0.4, 0.5) is 16.3 Å². The third-order valence-electron chi connectivity index (χ3n) is 6.11. The van der Waals surface area contributed by atoms with Gasteiger partial charge in [0.1, 0.15) is 11.4 Å². The number of nitrogens with one attached hydrogen (secondary N) is 3. The first-order valence-electron chi connectivity index (χ1n) is 13.6. The van der Waals surface area contributed by atoms with Gasteiger partial charge in [0.2, 0.25) is 0 Å². The van der Waals surface area contributed by atoms with Crippen LogP contribution in [0, 0.1) is 0 Å². The van der Waals surface area contributed by atoms with Crippen LogP contribution in [0.2, 0.25) is 5.02 Å². The van der Waals surface area contributed by atoms with Crippen molar-refractivity contribution in [3.63, 3.8) is 0 Å². The molecule has 1 aromatic heterocycles. The second-order valence-electron chi connectivity index (χ2n) is 10.6. The van der Waals surface area contributed by atoms with Gasteiger partial charge in [-0.15, -0.1) is 0 Å². The maximum atomic E-state index is 13.1. The highest BCUT2D eigenvalue weighted by atomic mass is 35.5. The molecule has 0 spiro atoms. The van der Waals surface area contributed by atoms with Crippen molar-refractivity contribution >= 4 is 41.0 Å². The Kier molecular flexibility index (Phi) is 10.2. The van der Waals surface area contributed by atoms with E-state index < -0.39 is 11.7 Å². The molecule has 0 aliphatic heterocycles. The summed E-state index contributed by atoms with van der Waals surface area (Å²) < 4.78 is 12.5. The molecule has 43 heavy (non-hydrogen) atoms. The zero-order valence-electron chi connectivity index (χ0n) is 24.4. The van der Waals surface area contributed by atoms with Gasteiger partial charge in [-0.3, -0.25) is 14.3 Å². The summed E-state index contributed by atoms with van der Waals surface area (Å²) in [5.41, 5.74) is 3.06. The molecule has 0 radical (unpaired) electrons. The van der Waals surface area contributed by atoms with Crippen LogP contribution in [0.25, 0.3) is 11.3 Å². The molecule has 0 unspecified atom stereocenters. The highest BCUT2D eigenvalue weighted by molar-refractivity contribution is 6.34. The van der Waals surface area contributed by atoms with Crippen LogP contribution in [0.1, 0.15) is 47.1 Å². The number of nitrogens with zero attached hydrogens (tertiary/aromatic N) is 2. The predicted molar refractivity (Wildman–Crippen MR) is 166 cm³/mol. The number of halogens is 1. The van der Waals surface area contributed by atoms with Gasteiger partial charge >= 0.3 is 6.09 Å². The largest absolute Gasteiger partial charge is 0.444 e. The number of hydrogen-bond acceptors (Lipinski definition) is 6. The minimum absolute atomic E-state index is 0.202. The molecule has 4 rings (SSSR count). The first kappa shape index (κ1) is 31.3. The van der Waals surface area contributed by atoms with E-state index in [-0.39, 0.29) is 31.6 Å². The number of carbonyl (C=O) groups excluding carboxylic acids is 3. The number of anilines is 2. The standard InChI is InChI=1S/C32H34ClN5O5/c1-32(2,3)43-31(41)34-17-18-42-20-22-9-5-6-10-24(22)29(39)35-23-15-13-21(14-16-23)27-19-28(38(4)37-27)36-30(40)25-11-7-8-12-26(25)33/h5-16,19H,17-18,20H2,1-4H3,(H,34,41)(H,35,39)(H,36,40). The lowest BCUT2D eigenvalue weighted by molar-refractivity contribution is 0.0493. The fraction of sp³-hybridized carbons (Fsp3) is 0.250. The highest BCUT2D eigenvalue weighted by Gasteiger charge is 2.17. The summed E-state index contributed by atoms with van der Waals surface area (Å²) in [4.78, 5) is 37.5. The molecule has 1 heterocycles. The van der Waals surface area contributed by atoms with E-state index in [1.807, 2.05) is 24.3 Å². The lowest BCUT2D eigenvalue weighted by Crippen LogP contribution is -2.34. The minimum Gasteiger partial charge on any atom is -0.444 e. The molecule has 10 nitrogen and oxygen atoms in total. The van der Waals surface area contributed by atoms with Crippen molar-refractivity contribution < 1.29 is 23.9 Å². The first-order valence-corrected chi connectivity index (χ1v) is 14.0. The molecule has 0 atom stereocenters. The number of carbonyl (C=O) groups is 3. The van der Waals surface area contributed by atoms with E-state index in [2.05, 4.69) is 21.0 Å². The van der Waals surface area contributed by atoms with E-state index in [9.17, 15) is 14.4 Å². The summed E-state index contributed by atoms with van der Waals surface area (Å²) >= 11 is 6.15. The van der Waals surface area contributed by atoms with Crippen molar-refractivity contribution in [2.45, 2.75) is 33.0 Å². The number of amides is 3. The Balaban J connectivity index is 1.33. The molecular weight excluding hydrogens is 570 g/mol. The van der Waals surface area contributed by atoms with Gasteiger partial charge in [0.25, 0.3) is 11.8 Å². The van der Waals surface area contributed by atoms with Crippen molar-refractivity contribution in [1.29, 1.82) is 0 Å². The molecule has 3 amide bonds. The van der Waals surface area contributed by atoms with Gasteiger partial charge in [-0.2, -0.15) is 5.10 Å². The average Bonchev–Trinajstić information content (AvgIpc) is 3.32. The molecular formula is C32H34ClN5O5. The number of hydrogen-bond donors (Lipinski definition) is 3. The van der Waals surface area contributed by atoms with Crippen LogP contribution >= 0.6 is 11.6 Å². The number of ether oxygens (including phenoxy) is 2. The summed E-state index contributed by atoms with van der Waals surface area (Å²) in [6.45, 7) is 6.12. The van der Waals surface area contributed by atoms with Gasteiger partial charge in [-0.1, -0.05) is 54.1 Å². The molecule has 3 aromatic carbocycles. The van der Waals surface area contributed by atoms with E-state index in [1.54, 1.807) is 87.1 Å². The van der Waals surface area contributed by atoms with Crippen molar-refractivity contribution in [3.05, 3.63) is 101 Å². The molecule has 0 aliphatic rings. The summed E-state index contributed by atoms with van der Waals surface area (Å²) in [5, 5.41) is 13.3. The lowest BCUT2D eigenvalue weighted by Gasteiger charge is -2.19. The van der Waals surface area contributed by atoms with Gasteiger partial charge < -0.3 is 25.4 Å². The molecule has 4 aromatic rings. The van der Waals surface area contributed by atoms with Crippen molar-refractivity contribution in [2.24, 2.45) is 7.05 Å². The van der Waals surface area contributed by atoms with E-state index in [4.69, 9.17) is 21.1 Å². The molecule has 11 heteroatoms. The lowest BCUT2D eigenvalue weighted by atomic mass is 10.1. The average molecular weight is 604 g/mol. The molecule has 0 aliphatic carbocycles. The smallest absolute Gasteiger partial charge is 0.407 e. The summed E-state index contributed by atoms with van der Waals surface area (Å²) in [7, 11) is 1.74. The number of benzene rings is 3. The van der Waals surface area contributed by atoms with Gasteiger partial charge in [0.15, 0.2) is 0 Å². The Bertz CT molecular complexity index is 1590. The Morgan fingerprint density at radius 2 is 1.53 bits per heavy atom. The summed E-state index contributed by atoms with van der Waals surface area (Å²) in [5.74, 6) is -0.0978. The molecule has 0 saturated heterocycles. The van der Waals surface area contributed by atoms with Crippen LogP contribution in [0.15, 0.2) is 78.9 Å². The Morgan fingerprint density at radius 1 is 0.884 bits per heavy atom. The highest BCUT2D eigenvalue weighted by Crippen LogP contribution is 2.25. The number of alkyl carbamates (subject to hydrolysis) is 1. The van der Waals surface area contributed by atoms with E-state index in [0.717, 1.165) is 5.56 Å². The second kappa shape index (κ2) is 14.0. The van der Waals surface area contributed by atoms with Gasteiger partial charge in [-0.05, 0) is 56.7 Å². The third kappa shape index (κ3) is 8.91. The summed E-state index contributed by atoms with van der Waals surface area (Å²) in [6.07, 6.45) is -0.509. The second-order valence-corrected chi connectivity index (χ2v) is 11.0. The molecule has 0 bridgehead atoms. The van der Waals surface area contributed by atoms with Crippen LogP contribution in [0.3, 0.4) is 0 Å². The maximum Gasteiger partial charge on any atom is 0.407 e. The fourth-order valence-corrected chi connectivity index (χ4v) is 4.29. The van der Waals surface area contributed by atoms with E-state index in [1.165, 1.54) is 0 Å². The Morgan fingerprint density at radius 3 is 2.23 bits per heavy atom. The van der Waals surface area contributed by atoms with Crippen molar-refractivity contribution in [1.82, 2.24) is 15.1 Å². The SMILES string of the molecule is Cn1nc(-c2ccc(NC(=O)c3ccccc3COCCNC(=O)OC(C)(C)C)cc2)cc1NC(=O)c1ccccc1Cl.